The van der Waals surface area contributed by atoms with E-state index >= 15 is 0 Å². The summed E-state index contributed by atoms with van der Waals surface area (Å²) >= 11 is 0. The van der Waals surface area contributed by atoms with Crippen LogP contribution >= 0.6 is 0 Å². The van der Waals surface area contributed by atoms with Gasteiger partial charge in [0.25, 0.3) is 0 Å². The van der Waals surface area contributed by atoms with Crippen molar-refractivity contribution in [1.82, 2.24) is 5.32 Å². The van der Waals surface area contributed by atoms with Gasteiger partial charge in [0.05, 0.1) is 7.11 Å². The number of carbonyl (C=O) groups excluding carboxylic acids is 1. The maximum absolute atomic E-state index is 11.1. The molecule has 0 fully saturated rings. The molecule has 0 saturated carbocycles. The molecule has 0 amide bonds. The van der Waals surface area contributed by atoms with Gasteiger partial charge in [-0.25, -0.2) is 0 Å². The highest BCUT2D eigenvalue weighted by atomic mass is 16.5. The monoisotopic (exact) mass is 183 g/mol. The summed E-state index contributed by atoms with van der Waals surface area (Å²) in [5.74, 6) is -0.195. The average molecular weight is 183 g/mol. The molecule has 0 bridgehead atoms. The highest BCUT2D eigenvalue weighted by Crippen LogP contribution is 2.10. The van der Waals surface area contributed by atoms with Gasteiger partial charge in [0.15, 0.2) is 0 Å². The van der Waals surface area contributed by atoms with Gasteiger partial charge < -0.3 is 4.74 Å². The van der Waals surface area contributed by atoms with Crippen LogP contribution in [-0.2, 0) is 9.53 Å². The Hall–Kier alpha value is -0.830. The standard InChI is InChI=1S/C10H17NO2/c1-8(10(12)13-2)11-9-6-4-3-5-7-9/h4,6,8-9,11H,3,5,7H2,1-2H3. The van der Waals surface area contributed by atoms with E-state index in [-0.39, 0.29) is 12.0 Å². The van der Waals surface area contributed by atoms with Crippen LogP contribution in [0.4, 0.5) is 0 Å². The number of rotatable bonds is 3. The molecule has 0 aromatic heterocycles. The fraction of sp³-hybridized carbons (Fsp3) is 0.700. The highest BCUT2D eigenvalue weighted by Gasteiger charge is 2.17. The van der Waals surface area contributed by atoms with Crippen LogP contribution in [-0.4, -0.2) is 25.2 Å². The number of methoxy groups -OCH3 is 1. The van der Waals surface area contributed by atoms with E-state index in [2.05, 4.69) is 22.2 Å². The second kappa shape index (κ2) is 5.02. The molecule has 1 aliphatic carbocycles. The predicted octanol–water partition coefficient (Wildman–Crippen LogP) is 1.25. The lowest BCUT2D eigenvalue weighted by Crippen LogP contribution is -2.41. The van der Waals surface area contributed by atoms with Crippen molar-refractivity contribution >= 4 is 5.97 Å². The van der Waals surface area contributed by atoms with Crippen molar-refractivity contribution in [2.75, 3.05) is 7.11 Å². The molecule has 1 N–H and O–H groups in total. The summed E-state index contributed by atoms with van der Waals surface area (Å²) in [6.45, 7) is 1.83. The van der Waals surface area contributed by atoms with Crippen molar-refractivity contribution in [1.29, 1.82) is 0 Å². The number of hydrogen-bond donors (Lipinski definition) is 1. The maximum atomic E-state index is 11.1. The first kappa shape index (κ1) is 10.3. The van der Waals surface area contributed by atoms with Gasteiger partial charge in [-0.2, -0.15) is 0 Å². The van der Waals surface area contributed by atoms with Crippen LogP contribution in [0.2, 0.25) is 0 Å². The summed E-state index contributed by atoms with van der Waals surface area (Å²) in [6, 6.07) is 0.126. The maximum Gasteiger partial charge on any atom is 0.322 e. The Morgan fingerprint density at radius 1 is 1.69 bits per heavy atom. The van der Waals surface area contributed by atoms with Gasteiger partial charge in [0, 0.05) is 6.04 Å². The third-order valence-corrected chi connectivity index (χ3v) is 2.27. The molecule has 3 heteroatoms. The number of allylic oxidation sites excluding steroid dienone is 1. The van der Waals surface area contributed by atoms with Crippen molar-refractivity contribution in [2.24, 2.45) is 0 Å². The van der Waals surface area contributed by atoms with E-state index in [1.54, 1.807) is 0 Å². The van der Waals surface area contributed by atoms with Gasteiger partial charge in [-0.05, 0) is 26.2 Å². The van der Waals surface area contributed by atoms with Crippen LogP contribution in [0, 0.1) is 0 Å². The van der Waals surface area contributed by atoms with Crippen LogP contribution < -0.4 is 5.32 Å². The molecular formula is C10H17NO2. The largest absolute Gasteiger partial charge is 0.468 e. The second-order valence-corrected chi connectivity index (χ2v) is 3.38. The fourth-order valence-corrected chi connectivity index (χ4v) is 1.52. The molecule has 13 heavy (non-hydrogen) atoms. The molecule has 2 atom stereocenters. The van der Waals surface area contributed by atoms with Gasteiger partial charge in [-0.15, -0.1) is 0 Å². The van der Waals surface area contributed by atoms with Gasteiger partial charge in [0.2, 0.25) is 0 Å². The fourth-order valence-electron chi connectivity index (χ4n) is 1.52. The van der Waals surface area contributed by atoms with E-state index in [1.807, 2.05) is 6.92 Å². The lowest BCUT2D eigenvalue weighted by molar-refractivity contribution is -0.142. The zero-order chi connectivity index (χ0) is 9.68. The minimum Gasteiger partial charge on any atom is -0.468 e. The topological polar surface area (TPSA) is 38.3 Å². The second-order valence-electron chi connectivity index (χ2n) is 3.38. The van der Waals surface area contributed by atoms with Crippen LogP contribution in [0.5, 0.6) is 0 Å². The van der Waals surface area contributed by atoms with E-state index in [4.69, 9.17) is 0 Å². The first-order valence-electron chi connectivity index (χ1n) is 4.74. The molecule has 1 aliphatic rings. The van der Waals surface area contributed by atoms with Crippen LogP contribution in [0.25, 0.3) is 0 Å². The van der Waals surface area contributed by atoms with E-state index in [0.29, 0.717) is 6.04 Å². The molecule has 0 radical (unpaired) electrons. The Morgan fingerprint density at radius 3 is 3.00 bits per heavy atom. The van der Waals surface area contributed by atoms with Crippen molar-refractivity contribution in [2.45, 2.75) is 38.3 Å². The first-order chi connectivity index (χ1) is 6.24. The number of nitrogens with one attached hydrogen (secondary N) is 1. The van der Waals surface area contributed by atoms with E-state index < -0.39 is 0 Å². The van der Waals surface area contributed by atoms with Crippen LogP contribution in [0.15, 0.2) is 12.2 Å². The molecule has 0 spiro atoms. The zero-order valence-corrected chi connectivity index (χ0v) is 8.25. The van der Waals surface area contributed by atoms with Gasteiger partial charge >= 0.3 is 5.97 Å². The highest BCUT2D eigenvalue weighted by molar-refractivity contribution is 5.75. The normalized spacial score (nSPS) is 24.0. The quantitative estimate of drug-likeness (QED) is 0.528. The molecule has 2 unspecified atom stereocenters. The first-order valence-corrected chi connectivity index (χ1v) is 4.74. The molecule has 0 aromatic carbocycles. The smallest absolute Gasteiger partial charge is 0.322 e. The third kappa shape index (κ3) is 3.19. The molecule has 1 rings (SSSR count). The Labute approximate surface area is 79.2 Å². The van der Waals surface area contributed by atoms with E-state index in [1.165, 1.54) is 13.5 Å². The molecule has 0 saturated heterocycles. The third-order valence-electron chi connectivity index (χ3n) is 2.27. The molecule has 3 nitrogen and oxygen atoms in total. The Balaban J connectivity index is 2.34. The molecule has 0 aliphatic heterocycles. The number of esters is 1. The van der Waals surface area contributed by atoms with Gasteiger partial charge in [-0.1, -0.05) is 12.2 Å². The summed E-state index contributed by atoms with van der Waals surface area (Å²) in [4.78, 5) is 11.1. The lowest BCUT2D eigenvalue weighted by Gasteiger charge is -2.21. The van der Waals surface area contributed by atoms with Crippen LogP contribution in [0.1, 0.15) is 26.2 Å². The van der Waals surface area contributed by atoms with Crippen LogP contribution in [0.3, 0.4) is 0 Å². The van der Waals surface area contributed by atoms with Crippen molar-refractivity contribution in [3.63, 3.8) is 0 Å². The Kier molecular flexibility index (Phi) is 3.96. The molecule has 0 heterocycles. The van der Waals surface area contributed by atoms with Crippen molar-refractivity contribution in [3.05, 3.63) is 12.2 Å². The number of ether oxygens (including phenoxy) is 1. The van der Waals surface area contributed by atoms with Crippen molar-refractivity contribution < 1.29 is 9.53 Å². The lowest BCUT2D eigenvalue weighted by atomic mass is 10.0. The van der Waals surface area contributed by atoms with Gasteiger partial charge in [0.1, 0.15) is 6.04 Å². The summed E-state index contributed by atoms with van der Waals surface area (Å²) in [5, 5.41) is 3.21. The Morgan fingerprint density at radius 2 is 2.46 bits per heavy atom. The predicted molar refractivity (Wildman–Crippen MR) is 51.4 cm³/mol. The summed E-state index contributed by atoms with van der Waals surface area (Å²) in [6.07, 6.45) is 7.75. The summed E-state index contributed by atoms with van der Waals surface area (Å²) < 4.78 is 4.63. The number of carbonyl (C=O) groups is 1. The number of hydrogen-bond acceptors (Lipinski definition) is 3. The summed E-state index contributed by atoms with van der Waals surface area (Å²) in [5.41, 5.74) is 0. The molecule has 74 valence electrons. The Bertz CT molecular complexity index is 201. The minimum absolute atomic E-state index is 0.195. The zero-order valence-electron chi connectivity index (χ0n) is 8.25. The van der Waals surface area contributed by atoms with E-state index in [9.17, 15) is 4.79 Å². The van der Waals surface area contributed by atoms with E-state index in [0.717, 1.165) is 12.8 Å². The average Bonchev–Trinajstić information content (AvgIpc) is 2.18. The minimum atomic E-state index is -0.210. The molecular weight excluding hydrogens is 166 g/mol. The van der Waals surface area contributed by atoms with Gasteiger partial charge in [-0.3, -0.25) is 10.1 Å². The molecule has 0 aromatic rings. The summed E-state index contributed by atoms with van der Waals surface area (Å²) in [7, 11) is 1.41. The van der Waals surface area contributed by atoms with Crippen molar-refractivity contribution in [3.8, 4) is 0 Å². The SMILES string of the molecule is COC(=O)C(C)NC1C=CCCC1.